The predicted octanol–water partition coefficient (Wildman–Crippen LogP) is 4.08. The van der Waals surface area contributed by atoms with Crippen molar-refractivity contribution < 1.29 is 9.47 Å². The topological polar surface area (TPSA) is 84.1 Å². The molecule has 1 aliphatic rings. The van der Waals surface area contributed by atoms with Crippen molar-refractivity contribution in [3.8, 4) is 11.5 Å². The van der Waals surface area contributed by atoms with E-state index < -0.39 is 0 Å². The lowest BCUT2D eigenvalue weighted by atomic mass is 10.1. The third-order valence-corrected chi connectivity index (χ3v) is 4.65. The molecule has 28 heavy (non-hydrogen) atoms. The summed E-state index contributed by atoms with van der Waals surface area (Å²) < 4.78 is 10.7. The van der Waals surface area contributed by atoms with Gasteiger partial charge >= 0.3 is 0 Å². The Morgan fingerprint density at radius 3 is 2.96 bits per heavy atom. The maximum atomic E-state index is 5.41. The summed E-state index contributed by atoms with van der Waals surface area (Å²) in [4.78, 5) is 12.1. The van der Waals surface area contributed by atoms with Crippen molar-refractivity contribution in [3.63, 3.8) is 0 Å². The van der Waals surface area contributed by atoms with Gasteiger partial charge in [-0.1, -0.05) is 18.2 Å². The Balaban J connectivity index is 1.23. The van der Waals surface area contributed by atoms with Crippen molar-refractivity contribution in [1.29, 1.82) is 0 Å². The molecule has 2 aromatic carbocycles. The van der Waals surface area contributed by atoms with Crippen LogP contribution in [0.4, 0.5) is 17.5 Å². The second kappa shape index (κ2) is 7.11. The second-order valence-corrected chi connectivity index (χ2v) is 6.49. The summed E-state index contributed by atoms with van der Waals surface area (Å²) in [6.45, 7) is 1.01. The van der Waals surface area contributed by atoms with Crippen LogP contribution in [0.2, 0.25) is 0 Å². The molecule has 7 heteroatoms. The van der Waals surface area contributed by atoms with Gasteiger partial charge in [0.15, 0.2) is 11.5 Å². The van der Waals surface area contributed by atoms with E-state index in [1.54, 1.807) is 6.20 Å². The highest BCUT2D eigenvalue weighted by atomic mass is 16.7. The molecular weight excluding hydrogens is 354 g/mol. The van der Waals surface area contributed by atoms with Crippen LogP contribution in [0.25, 0.3) is 10.9 Å². The first-order valence-electron chi connectivity index (χ1n) is 9.14. The zero-order valence-corrected chi connectivity index (χ0v) is 15.1. The van der Waals surface area contributed by atoms with E-state index in [1.165, 1.54) is 10.9 Å². The van der Waals surface area contributed by atoms with Crippen LogP contribution in [0, 0.1) is 0 Å². The number of hydrogen-bond donors (Lipinski definition) is 3. The smallest absolute Gasteiger partial charge is 0.231 e. The van der Waals surface area contributed by atoms with Crippen LogP contribution in [0.5, 0.6) is 11.5 Å². The Bertz CT molecular complexity index is 1120. The lowest BCUT2D eigenvalue weighted by molar-refractivity contribution is 0.174. The number of anilines is 3. The minimum absolute atomic E-state index is 0.261. The van der Waals surface area contributed by atoms with Gasteiger partial charge in [-0.25, -0.2) is 4.98 Å². The summed E-state index contributed by atoms with van der Waals surface area (Å²) in [7, 11) is 0. The molecule has 0 aliphatic carbocycles. The first-order valence-corrected chi connectivity index (χ1v) is 9.14. The van der Waals surface area contributed by atoms with Crippen molar-refractivity contribution in [2.45, 2.75) is 6.42 Å². The molecular formula is C21H19N5O2. The van der Waals surface area contributed by atoms with Crippen molar-refractivity contribution in [2.75, 3.05) is 24.0 Å². The van der Waals surface area contributed by atoms with E-state index in [0.29, 0.717) is 11.8 Å². The molecule has 0 amide bonds. The maximum Gasteiger partial charge on any atom is 0.231 e. The van der Waals surface area contributed by atoms with Gasteiger partial charge in [0.25, 0.3) is 0 Å². The fourth-order valence-electron chi connectivity index (χ4n) is 3.28. The highest BCUT2D eigenvalue weighted by Crippen LogP contribution is 2.34. The van der Waals surface area contributed by atoms with E-state index in [0.717, 1.165) is 35.7 Å². The van der Waals surface area contributed by atoms with E-state index in [9.17, 15) is 0 Å². The van der Waals surface area contributed by atoms with E-state index in [-0.39, 0.29) is 6.79 Å². The summed E-state index contributed by atoms with van der Waals surface area (Å²) >= 11 is 0. The lowest BCUT2D eigenvalue weighted by Crippen LogP contribution is -2.08. The monoisotopic (exact) mass is 373 g/mol. The number of benzene rings is 2. The van der Waals surface area contributed by atoms with Crippen molar-refractivity contribution in [2.24, 2.45) is 0 Å². The molecule has 0 bridgehead atoms. The first-order chi connectivity index (χ1) is 13.8. The number of ether oxygens (including phenoxy) is 2. The van der Waals surface area contributed by atoms with Crippen LogP contribution in [-0.4, -0.2) is 28.3 Å². The van der Waals surface area contributed by atoms with E-state index >= 15 is 0 Å². The molecule has 0 saturated heterocycles. The van der Waals surface area contributed by atoms with Crippen molar-refractivity contribution in [3.05, 3.63) is 66.5 Å². The second-order valence-electron chi connectivity index (χ2n) is 6.49. The van der Waals surface area contributed by atoms with E-state index in [1.807, 2.05) is 30.3 Å². The number of nitrogens with zero attached hydrogens (tertiary/aromatic N) is 2. The molecule has 1 aliphatic heterocycles. The average Bonchev–Trinajstić information content (AvgIpc) is 3.35. The molecule has 7 nitrogen and oxygen atoms in total. The van der Waals surface area contributed by atoms with Gasteiger partial charge in [0, 0.05) is 41.6 Å². The molecule has 5 rings (SSSR count). The summed E-state index contributed by atoms with van der Waals surface area (Å²) in [5, 5.41) is 7.82. The third kappa shape index (κ3) is 3.29. The molecule has 0 saturated carbocycles. The molecule has 0 radical (unpaired) electrons. The average molecular weight is 373 g/mol. The van der Waals surface area contributed by atoms with Gasteiger partial charge in [-0.05, 0) is 36.2 Å². The lowest BCUT2D eigenvalue weighted by Gasteiger charge is -2.09. The molecule has 0 spiro atoms. The Kier molecular flexibility index (Phi) is 4.17. The number of aromatic amines is 1. The Morgan fingerprint density at radius 2 is 1.96 bits per heavy atom. The van der Waals surface area contributed by atoms with Crippen LogP contribution in [0.3, 0.4) is 0 Å². The molecule has 0 fully saturated rings. The molecule has 0 atom stereocenters. The van der Waals surface area contributed by atoms with Crippen molar-refractivity contribution in [1.82, 2.24) is 15.0 Å². The zero-order valence-electron chi connectivity index (χ0n) is 15.1. The summed E-state index contributed by atoms with van der Waals surface area (Å²) in [5.41, 5.74) is 3.31. The minimum atomic E-state index is 0.261. The number of para-hydroxylation sites is 1. The molecule has 4 aromatic rings. The number of fused-ring (bicyclic) bond motifs is 2. The standard InChI is InChI=1S/C21H19N5O2/c1-2-4-17-16(3-1)14(12-24-17)7-9-22-21-23-10-8-20(26-21)25-15-5-6-18-19(11-15)28-13-27-18/h1-6,8,10-12,24H,7,9,13H2,(H2,22,23,25,26). The number of nitrogens with one attached hydrogen (secondary N) is 3. The highest BCUT2D eigenvalue weighted by molar-refractivity contribution is 5.83. The summed E-state index contributed by atoms with van der Waals surface area (Å²) in [6.07, 6.45) is 4.67. The Hall–Kier alpha value is -3.74. The van der Waals surface area contributed by atoms with Gasteiger partial charge in [-0.15, -0.1) is 0 Å². The van der Waals surface area contributed by atoms with Gasteiger partial charge in [-0.3, -0.25) is 0 Å². The number of aromatic nitrogens is 3. The molecule has 140 valence electrons. The van der Waals surface area contributed by atoms with Crippen LogP contribution in [0.15, 0.2) is 60.9 Å². The fourth-order valence-corrected chi connectivity index (χ4v) is 3.28. The van der Waals surface area contributed by atoms with Crippen LogP contribution in [-0.2, 0) is 6.42 Å². The third-order valence-electron chi connectivity index (χ3n) is 4.65. The van der Waals surface area contributed by atoms with Crippen LogP contribution >= 0.6 is 0 Å². The zero-order chi connectivity index (χ0) is 18.8. The Labute approximate surface area is 161 Å². The van der Waals surface area contributed by atoms with E-state index in [2.05, 4.69) is 50.0 Å². The minimum Gasteiger partial charge on any atom is -0.454 e. The number of H-pyrrole nitrogens is 1. The predicted molar refractivity (Wildman–Crippen MR) is 108 cm³/mol. The summed E-state index contributed by atoms with van der Waals surface area (Å²) in [5.74, 6) is 2.79. The Morgan fingerprint density at radius 1 is 1.04 bits per heavy atom. The molecule has 3 heterocycles. The van der Waals surface area contributed by atoms with Crippen LogP contribution < -0.4 is 20.1 Å². The van der Waals surface area contributed by atoms with Crippen LogP contribution in [0.1, 0.15) is 5.56 Å². The van der Waals surface area contributed by atoms with Gasteiger partial charge in [0.05, 0.1) is 0 Å². The highest BCUT2D eigenvalue weighted by Gasteiger charge is 2.13. The quantitative estimate of drug-likeness (QED) is 0.472. The maximum absolute atomic E-state index is 5.41. The molecule has 3 N–H and O–H groups in total. The number of rotatable bonds is 6. The summed E-state index contributed by atoms with van der Waals surface area (Å²) in [6, 6.07) is 15.8. The van der Waals surface area contributed by atoms with Gasteiger partial charge in [0.1, 0.15) is 5.82 Å². The van der Waals surface area contributed by atoms with Gasteiger partial charge in [-0.2, -0.15) is 4.98 Å². The first kappa shape index (κ1) is 16.4. The van der Waals surface area contributed by atoms with Gasteiger partial charge in [0.2, 0.25) is 12.7 Å². The molecule has 2 aromatic heterocycles. The normalized spacial score (nSPS) is 12.3. The largest absolute Gasteiger partial charge is 0.454 e. The molecule has 0 unspecified atom stereocenters. The fraction of sp³-hybridized carbons (Fsp3) is 0.143. The van der Waals surface area contributed by atoms with Gasteiger partial charge < -0.3 is 25.1 Å². The SMILES string of the molecule is c1ccc2c(CCNc3nccc(Nc4ccc5c(c4)OCO5)n3)c[nH]c2c1. The number of hydrogen-bond acceptors (Lipinski definition) is 6. The van der Waals surface area contributed by atoms with E-state index in [4.69, 9.17) is 9.47 Å². The van der Waals surface area contributed by atoms with Crippen molar-refractivity contribution >= 4 is 28.4 Å².